The van der Waals surface area contributed by atoms with E-state index in [-0.39, 0.29) is 0 Å². The fourth-order valence-corrected chi connectivity index (χ4v) is 4.78. The van der Waals surface area contributed by atoms with Gasteiger partial charge in [0.25, 0.3) is 5.91 Å². The molecule has 0 radical (unpaired) electrons. The average Bonchev–Trinajstić information content (AvgIpc) is 3.07. The summed E-state index contributed by atoms with van der Waals surface area (Å²) in [6.45, 7) is 2.44. The van der Waals surface area contributed by atoms with Gasteiger partial charge in [0, 0.05) is 11.8 Å². The van der Waals surface area contributed by atoms with Crippen LogP contribution in [0.3, 0.4) is 0 Å². The van der Waals surface area contributed by atoms with E-state index in [1.807, 2.05) is 12.1 Å². The minimum absolute atomic E-state index is 0.413. The second kappa shape index (κ2) is 7.99. The highest BCUT2D eigenvalue weighted by atomic mass is 16.6. The van der Waals surface area contributed by atoms with Crippen LogP contribution in [0.5, 0.6) is 17.2 Å². The van der Waals surface area contributed by atoms with Crippen molar-refractivity contribution in [1.82, 2.24) is 10.2 Å². The zero-order chi connectivity index (χ0) is 23.2. The average molecular weight is 451 g/mol. The van der Waals surface area contributed by atoms with Crippen LogP contribution < -0.4 is 24.8 Å². The maximum atomic E-state index is 13.6. The first-order valence-corrected chi connectivity index (χ1v) is 11.0. The van der Waals surface area contributed by atoms with Crippen molar-refractivity contribution >= 4 is 23.5 Å². The number of nitrogens with one attached hydrogen (secondary N) is 2. The first kappa shape index (κ1) is 21.1. The van der Waals surface area contributed by atoms with Gasteiger partial charge in [-0.3, -0.25) is 9.59 Å². The topological polar surface area (TPSA) is 106 Å². The van der Waals surface area contributed by atoms with Crippen LogP contribution in [0.2, 0.25) is 0 Å². The van der Waals surface area contributed by atoms with Gasteiger partial charge in [-0.1, -0.05) is 6.07 Å². The van der Waals surface area contributed by atoms with Crippen molar-refractivity contribution in [2.24, 2.45) is 0 Å². The fraction of sp³-hybridized carbons (Fsp3) is 0.375. The van der Waals surface area contributed by atoms with E-state index in [9.17, 15) is 14.4 Å². The summed E-state index contributed by atoms with van der Waals surface area (Å²) < 4.78 is 16.4. The van der Waals surface area contributed by atoms with Crippen molar-refractivity contribution in [2.75, 3.05) is 25.6 Å². The molecule has 0 bridgehead atoms. The number of imide groups is 1. The van der Waals surface area contributed by atoms with Crippen LogP contribution in [0.4, 0.5) is 10.5 Å². The van der Waals surface area contributed by atoms with Gasteiger partial charge in [0.05, 0.1) is 7.11 Å². The van der Waals surface area contributed by atoms with E-state index in [0.717, 1.165) is 28.9 Å². The molecular weight excluding hydrogens is 426 g/mol. The van der Waals surface area contributed by atoms with Crippen LogP contribution in [0.15, 0.2) is 36.4 Å². The molecular formula is C24H25N3O6. The molecule has 1 aliphatic carbocycles. The lowest BCUT2D eigenvalue weighted by atomic mass is 9.76. The van der Waals surface area contributed by atoms with Crippen molar-refractivity contribution < 1.29 is 28.6 Å². The van der Waals surface area contributed by atoms with E-state index >= 15 is 0 Å². The van der Waals surface area contributed by atoms with Crippen molar-refractivity contribution in [3.8, 4) is 17.2 Å². The molecule has 2 aromatic rings. The van der Waals surface area contributed by atoms with Gasteiger partial charge in [-0.2, -0.15) is 0 Å². The highest BCUT2D eigenvalue weighted by Gasteiger charge is 2.56. The predicted molar refractivity (Wildman–Crippen MR) is 119 cm³/mol. The van der Waals surface area contributed by atoms with Gasteiger partial charge in [0.15, 0.2) is 11.5 Å². The molecule has 9 nitrogen and oxygen atoms in total. The predicted octanol–water partition coefficient (Wildman–Crippen LogP) is 2.58. The largest absolute Gasteiger partial charge is 0.497 e. The second-order valence-electron chi connectivity index (χ2n) is 8.41. The molecule has 3 aliphatic rings. The standard InChI is InChI=1S/C24H25N3O6/c1-14(21(28)25-16-5-8-19-20(13-16)33-11-10-32-19)27-22(29)24(26-23(27)30)9-3-4-15-12-17(31-2)6-7-18(15)24/h5-8,12-14H,3-4,9-11H2,1-2H3,(H,25,28)(H,26,30)/t14-,24-/m1/s1. The van der Waals surface area contributed by atoms with Crippen LogP contribution in [-0.4, -0.2) is 49.1 Å². The van der Waals surface area contributed by atoms with E-state index in [0.29, 0.717) is 42.6 Å². The lowest BCUT2D eigenvalue weighted by molar-refractivity contribution is -0.137. The minimum Gasteiger partial charge on any atom is -0.497 e. The molecule has 2 aliphatic heterocycles. The van der Waals surface area contributed by atoms with Crippen LogP contribution in [0.25, 0.3) is 0 Å². The van der Waals surface area contributed by atoms with Gasteiger partial charge in [0.1, 0.15) is 30.5 Å². The Labute approximate surface area is 191 Å². The summed E-state index contributed by atoms with van der Waals surface area (Å²) in [6.07, 6.45) is 2.00. The highest BCUT2D eigenvalue weighted by Crippen LogP contribution is 2.42. The molecule has 2 N–H and O–H groups in total. The van der Waals surface area contributed by atoms with Crippen LogP contribution >= 0.6 is 0 Å². The number of urea groups is 1. The third-order valence-electron chi connectivity index (χ3n) is 6.47. The number of amides is 4. The molecule has 1 spiro atoms. The highest BCUT2D eigenvalue weighted by molar-refractivity contribution is 6.11. The Morgan fingerprint density at radius 1 is 1.15 bits per heavy atom. The molecule has 1 fully saturated rings. The molecule has 2 aromatic carbocycles. The number of anilines is 1. The van der Waals surface area contributed by atoms with Gasteiger partial charge >= 0.3 is 6.03 Å². The molecule has 5 rings (SSSR count). The number of hydrogen-bond acceptors (Lipinski definition) is 6. The number of fused-ring (bicyclic) bond motifs is 3. The molecule has 4 amide bonds. The Kier molecular flexibility index (Phi) is 5.11. The van der Waals surface area contributed by atoms with Crippen LogP contribution in [0.1, 0.15) is 30.9 Å². The van der Waals surface area contributed by atoms with Gasteiger partial charge in [-0.25, -0.2) is 9.69 Å². The first-order chi connectivity index (χ1) is 15.9. The maximum absolute atomic E-state index is 13.6. The number of carbonyl (C=O) groups is 3. The number of carbonyl (C=O) groups excluding carboxylic acids is 3. The molecule has 2 atom stereocenters. The summed E-state index contributed by atoms with van der Waals surface area (Å²) in [6, 6.07) is 9.00. The summed E-state index contributed by atoms with van der Waals surface area (Å²) in [5.41, 5.74) is 1.05. The van der Waals surface area contributed by atoms with Gasteiger partial charge in [-0.05, 0) is 61.6 Å². The SMILES string of the molecule is COc1ccc2c(c1)CCC[C@@]21NC(=O)N([C@H](C)C(=O)Nc2ccc3c(c2)OCCO3)C1=O. The van der Waals surface area contributed by atoms with Crippen LogP contribution in [-0.2, 0) is 21.5 Å². The Bertz CT molecular complexity index is 1150. The molecule has 0 unspecified atom stereocenters. The molecule has 33 heavy (non-hydrogen) atoms. The molecule has 172 valence electrons. The lowest BCUT2D eigenvalue weighted by Crippen LogP contribution is -2.49. The summed E-state index contributed by atoms with van der Waals surface area (Å²) >= 11 is 0. The van der Waals surface area contributed by atoms with E-state index < -0.39 is 29.4 Å². The number of hydrogen-bond donors (Lipinski definition) is 2. The third kappa shape index (κ3) is 3.44. The Morgan fingerprint density at radius 2 is 1.94 bits per heavy atom. The minimum atomic E-state index is -1.16. The summed E-state index contributed by atoms with van der Waals surface area (Å²) in [7, 11) is 1.59. The number of nitrogens with zero attached hydrogens (tertiary/aromatic N) is 1. The van der Waals surface area contributed by atoms with Gasteiger partial charge in [-0.15, -0.1) is 0 Å². The number of rotatable bonds is 4. The molecule has 0 aromatic heterocycles. The number of ether oxygens (including phenoxy) is 3. The normalized spacial score (nSPS) is 21.9. The Morgan fingerprint density at radius 3 is 2.73 bits per heavy atom. The lowest BCUT2D eigenvalue weighted by Gasteiger charge is -2.34. The first-order valence-electron chi connectivity index (χ1n) is 11.0. The maximum Gasteiger partial charge on any atom is 0.326 e. The fourth-order valence-electron chi connectivity index (χ4n) is 4.78. The van der Waals surface area contributed by atoms with Crippen molar-refractivity contribution in [3.05, 3.63) is 47.5 Å². The van der Waals surface area contributed by atoms with Gasteiger partial charge < -0.3 is 24.8 Å². The van der Waals surface area contributed by atoms with E-state index in [4.69, 9.17) is 14.2 Å². The molecule has 2 heterocycles. The summed E-state index contributed by atoms with van der Waals surface area (Å²) in [5, 5.41) is 5.65. The molecule has 1 saturated heterocycles. The number of benzene rings is 2. The Hall–Kier alpha value is -3.75. The molecule has 9 heteroatoms. The zero-order valence-electron chi connectivity index (χ0n) is 18.5. The van der Waals surface area contributed by atoms with Crippen molar-refractivity contribution in [3.63, 3.8) is 0 Å². The van der Waals surface area contributed by atoms with Gasteiger partial charge in [0.2, 0.25) is 5.91 Å². The Balaban J connectivity index is 1.38. The second-order valence-corrected chi connectivity index (χ2v) is 8.41. The quantitative estimate of drug-likeness (QED) is 0.692. The number of methoxy groups -OCH3 is 1. The van der Waals surface area contributed by atoms with E-state index in [2.05, 4.69) is 10.6 Å². The summed E-state index contributed by atoms with van der Waals surface area (Å²) in [5.74, 6) is 0.957. The van der Waals surface area contributed by atoms with E-state index in [1.165, 1.54) is 0 Å². The van der Waals surface area contributed by atoms with E-state index in [1.54, 1.807) is 38.3 Å². The summed E-state index contributed by atoms with van der Waals surface area (Å²) in [4.78, 5) is 40.5. The van der Waals surface area contributed by atoms with Crippen molar-refractivity contribution in [1.29, 1.82) is 0 Å². The number of aryl methyl sites for hydroxylation is 1. The smallest absolute Gasteiger partial charge is 0.326 e. The zero-order valence-corrected chi connectivity index (χ0v) is 18.5. The molecule has 0 saturated carbocycles. The third-order valence-corrected chi connectivity index (χ3v) is 6.47. The van der Waals surface area contributed by atoms with Crippen LogP contribution in [0, 0.1) is 0 Å². The van der Waals surface area contributed by atoms with Crippen molar-refractivity contribution in [2.45, 2.75) is 37.8 Å². The monoisotopic (exact) mass is 451 g/mol.